The standard InChI is InChI=1S/C11H17N3O2/c1-2-15-6-5-10-13-11(16-14-10)8-3-4-9(12)7-8/h3-4,8-9H,2,5-7,12H2,1H3. The maximum Gasteiger partial charge on any atom is 0.233 e. The van der Waals surface area contributed by atoms with Gasteiger partial charge < -0.3 is 15.0 Å². The minimum atomic E-state index is 0.115. The molecule has 0 aliphatic heterocycles. The van der Waals surface area contributed by atoms with E-state index in [0.29, 0.717) is 31.3 Å². The molecule has 2 N–H and O–H groups in total. The largest absolute Gasteiger partial charge is 0.381 e. The van der Waals surface area contributed by atoms with E-state index >= 15 is 0 Å². The zero-order valence-electron chi connectivity index (χ0n) is 9.43. The van der Waals surface area contributed by atoms with E-state index < -0.39 is 0 Å². The molecule has 0 amide bonds. The monoisotopic (exact) mass is 223 g/mol. The van der Waals surface area contributed by atoms with Gasteiger partial charge in [-0.15, -0.1) is 0 Å². The second-order valence-electron chi connectivity index (χ2n) is 3.89. The highest BCUT2D eigenvalue weighted by Crippen LogP contribution is 2.26. The Kier molecular flexibility index (Phi) is 3.69. The zero-order chi connectivity index (χ0) is 11.4. The molecular formula is C11H17N3O2. The third-order valence-corrected chi connectivity index (χ3v) is 2.59. The quantitative estimate of drug-likeness (QED) is 0.596. The SMILES string of the molecule is CCOCCc1noc(C2C=CC(N)C2)n1. The van der Waals surface area contributed by atoms with Crippen molar-refractivity contribution in [2.45, 2.75) is 31.7 Å². The van der Waals surface area contributed by atoms with E-state index in [2.05, 4.69) is 10.1 Å². The predicted molar refractivity (Wildman–Crippen MR) is 59.0 cm³/mol. The van der Waals surface area contributed by atoms with Gasteiger partial charge in [0.25, 0.3) is 0 Å². The summed E-state index contributed by atoms with van der Waals surface area (Å²) in [6.07, 6.45) is 5.56. The fraction of sp³-hybridized carbons (Fsp3) is 0.636. The van der Waals surface area contributed by atoms with Crippen LogP contribution in [0.2, 0.25) is 0 Å². The highest BCUT2D eigenvalue weighted by Gasteiger charge is 2.22. The van der Waals surface area contributed by atoms with Gasteiger partial charge in [0.2, 0.25) is 5.89 Å². The van der Waals surface area contributed by atoms with E-state index in [1.807, 2.05) is 19.1 Å². The Bertz CT molecular complexity index is 362. The van der Waals surface area contributed by atoms with Gasteiger partial charge in [0.15, 0.2) is 5.82 Å². The lowest BCUT2D eigenvalue weighted by Crippen LogP contribution is -2.14. The van der Waals surface area contributed by atoms with Crippen molar-refractivity contribution in [3.05, 3.63) is 23.9 Å². The van der Waals surface area contributed by atoms with Gasteiger partial charge in [0.1, 0.15) is 0 Å². The normalized spacial score (nSPS) is 24.1. The summed E-state index contributed by atoms with van der Waals surface area (Å²) in [5.74, 6) is 1.55. The van der Waals surface area contributed by atoms with Crippen LogP contribution >= 0.6 is 0 Å². The number of hydrogen-bond donors (Lipinski definition) is 1. The molecule has 1 aliphatic carbocycles. The smallest absolute Gasteiger partial charge is 0.233 e. The summed E-state index contributed by atoms with van der Waals surface area (Å²) < 4.78 is 10.4. The van der Waals surface area contributed by atoms with E-state index in [-0.39, 0.29) is 12.0 Å². The van der Waals surface area contributed by atoms with Crippen molar-refractivity contribution in [1.29, 1.82) is 0 Å². The molecule has 5 nitrogen and oxygen atoms in total. The average molecular weight is 223 g/mol. The molecule has 0 spiro atoms. The summed E-state index contributed by atoms with van der Waals surface area (Å²) >= 11 is 0. The van der Waals surface area contributed by atoms with Crippen LogP contribution in [0.1, 0.15) is 31.0 Å². The first-order valence-electron chi connectivity index (χ1n) is 5.63. The van der Waals surface area contributed by atoms with Crippen molar-refractivity contribution in [3.63, 3.8) is 0 Å². The van der Waals surface area contributed by atoms with Crippen LogP contribution in [0, 0.1) is 0 Å². The molecule has 1 aromatic heterocycles. The van der Waals surface area contributed by atoms with Crippen molar-refractivity contribution in [3.8, 4) is 0 Å². The van der Waals surface area contributed by atoms with Crippen LogP contribution in [0.25, 0.3) is 0 Å². The van der Waals surface area contributed by atoms with Gasteiger partial charge in [-0.2, -0.15) is 4.98 Å². The summed E-state index contributed by atoms with van der Waals surface area (Å²) in [6, 6.07) is 0.115. The van der Waals surface area contributed by atoms with Gasteiger partial charge in [0, 0.05) is 19.1 Å². The zero-order valence-corrected chi connectivity index (χ0v) is 9.43. The van der Waals surface area contributed by atoms with Crippen LogP contribution in [0.4, 0.5) is 0 Å². The molecule has 16 heavy (non-hydrogen) atoms. The minimum Gasteiger partial charge on any atom is -0.381 e. The maximum absolute atomic E-state index is 5.77. The molecule has 1 aliphatic rings. The van der Waals surface area contributed by atoms with Gasteiger partial charge in [-0.1, -0.05) is 17.3 Å². The third kappa shape index (κ3) is 2.68. The molecule has 0 saturated heterocycles. The van der Waals surface area contributed by atoms with Gasteiger partial charge in [0.05, 0.1) is 12.5 Å². The average Bonchev–Trinajstić information content (AvgIpc) is 2.87. The van der Waals surface area contributed by atoms with Gasteiger partial charge >= 0.3 is 0 Å². The molecule has 0 bridgehead atoms. The van der Waals surface area contributed by atoms with Gasteiger partial charge in [-0.3, -0.25) is 0 Å². The van der Waals surface area contributed by atoms with Crippen LogP contribution in [0.15, 0.2) is 16.7 Å². The van der Waals surface area contributed by atoms with Crippen LogP contribution in [0.3, 0.4) is 0 Å². The molecule has 1 aromatic rings. The highest BCUT2D eigenvalue weighted by molar-refractivity contribution is 5.15. The number of ether oxygens (including phenoxy) is 1. The van der Waals surface area contributed by atoms with E-state index in [1.54, 1.807) is 0 Å². The lowest BCUT2D eigenvalue weighted by Gasteiger charge is -2.01. The molecule has 0 aromatic carbocycles. The summed E-state index contributed by atoms with van der Waals surface area (Å²) in [5, 5.41) is 3.92. The van der Waals surface area contributed by atoms with Gasteiger partial charge in [-0.05, 0) is 13.3 Å². The van der Waals surface area contributed by atoms with E-state index in [1.165, 1.54) is 0 Å². The second-order valence-corrected chi connectivity index (χ2v) is 3.89. The summed E-state index contributed by atoms with van der Waals surface area (Å²) in [7, 11) is 0. The number of allylic oxidation sites excluding steroid dienone is 1. The van der Waals surface area contributed by atoms with Crippen molar-refractivity contribution in [2.24, 2.45) is 5.73 Å². The second kappa shape index (κ2) is 5.23. The Morgan fingerprint density at radius 2 is 2.44 bits per heavy atom. The minimum absolute atomic E-state index is 0.115. The molecule has 2 unspecified atom stereocenters. The van der Waals surface area contributed by atoms with Crippen molar-refractivity contribution in [2.75, 3.05) is 13.2 Å². The summed E-state index contributed by atoms with van der Waals surface area (Å²) in [6.45, 7) is 3.31. The molecule has 5 heteroatoms. The number of rotatable bonds is 5. The topological polar surface area (TPSA) is 74.2 Å². The number of nitrogens with zero attached hydrogens (tertiary/aromatic N) is 2. The maximum atomic E-state index is 5.77. The van der Waals surface area contributed by atoms with E-state index in [0.717, 1.165) is 6.42 Å². The lowest BCUT2D eigenvalue weighted by atomic mass is 10.1. The molecule has 0 fully saturated rings. The fourth-order valence-electron chi connectivity index (χ4n) is 1.74. The number of hydrogen-bond acceptors (Lipinski definition) is 5. The van der Waals surface area contributed by atoms with E-state index in [9.17, 15) is 0 Å². The Morgan fingerprint density at radius 3 is 3.12 bits per heavy atom. The van der Waals surface area contributed by atoms with Crippen LogP contribution in [-0.2, 0) is 11.2 Å². The Hall–Kier alpha value is -1.20. The Morgan fingerprint density at radius 1 is 1.56 bits per heavy atom. The molecule has 2 atom stereocenters. The first kappa shape index (κ1) is 11.3. The summed E-state index contributed by atoms with van der Waals surface area (Å²) in [5.41, 5.74) is 5.77. The first-order chi connectivity index (χ1) is 7.79. The Balaban J connectivity index is 1.89. The first-order valence-corrected chi connectivity index (χ1v) is 5.63. The molecule has 88 valence electrons. The van der Waals surface area contributed by atoms with Crippen molar-refractivity contribution >= 4 is 0 Å². The van der Waals surface area contributed by atoms with Crippen molar-refractivity contribution in [1.82, 2.24) is 10.1 Å². The van der Waals surface area contributed by atoms with Crippen molar-refractivity contribution < 1.29 is 9.26 Å². The molecule has 0 radical (unpaired) electrons. The molecular weight excluding hydrogens is 206 g/mol. The molecule has 2 rings (SSSR count). The van der Waals surface area contributed by atoms with Gasteiger partial charge in [-0.25, -0.2) is 0 Å². The van der Waals surface area contributed by atoms with E-state index in [4.69, 9.17) is 15.0 Å². The molecule has 1 heterocycles. The lowest BCUT2D eigenvalue weighted by molar-refractivity contribution is 0.149. The molecule has 0 saturated carbocycles. The highest BCUT2D eigenvalue weighted by atomic mass is 16.5. The summed E-state index contributed by atoms with van der Waals surface area (Å²) in [4.78, 5) is 4.33. The number of nitrogens with two attached hydrogens (primary N) is 1. The van der Waals surface area contributed by atoms with Crippen LogP contribution < -0.4 is 5.73 Å². The fourth-order valence-corrected chi connectivity index (χ4v) is 1.74. The Labute approximate surface area is 94.7 Å². The van der Waals surface area contributed by atoms with Crippen LogP contribution in [0.5, 0.6) is 0 Å². The predicted octanol–water partition coefficient (Wildman–Crippen LogP) is 1.02. The number of aromatic nitrogens is 2. The van der Waals surface area contributed by atoms with Crippen LogP contribution in [-0.4, -0.2) is 29.4 Å². The third-order valence-electron chi connectivity index (χ3n) is 2.59.